The van der Waals surface area contributed by atoms with E-state index < -0.39 is 38.5 Å². The maximum absolute atomic E-state index is 13.7. The van der Waals surface area contributed by atoms with Crippen LogP contribution >= 0.6 is 11.6 Å². The molecule has 0 fully saturated rings. The highest BCUT2D eigenvalue weighted by atomic mass is 35.5. The number of alkyl halides is 3. The molecular weight excluding hydrogens is 362 g/mol. The number of hydrogen-bond donors (Lipinski definition) is 1. The second kappa shape index (κ2) is 6.25. The minimum absolute atomic E-state index is 0.306. The van der Waals surface area contributed by atoms with Crippen molar-refractivity contribution in [3.05, 3.63) is 53.3 Å². The predicted molar refractivity (Wildman–Crippen MR) is 75.3 cm³/mol. The molecule has 0 aliphatic heterocycles. The van der Waals surface area contributed by atoms with Crippen LogP contribution < -0.4 is 9.46 Å². The van der Waals surface area contributed by atoms with Gasteiger partial charge in [0.05, 0.1) is 15.6 Å². The smallest absolute Gasteiger partial charge is 0.406 e. The third kappa shape index (κ3) is 4.49. The molecule has 124 valence electrons. The first-order valence-electron chi connectivity index (χ1n) is 5.91. The van der Waals surface area contributed by atoms with Crippen molar-refractivity contribution in [2.24, 2.45) is 0 Å². The average Bonchev–Trinajstić information content (AvgIpc) is 2.42. The molecule has 1 N–H and O–H groups in total. The Morgan fingerprint density at radius 3 is 2.39 bits per heavy atom. The second-order valence-corrected chi connectivity index (χ2v) is 6.32. The van der Waals surface area contributed by atoms with E-state index in [0.29, 0.717) is 6.07 Å². The van der Waals surface area contributed by atoms with Crippen molar-refractivity contribution < 1.29 is 30.7 Å². The lowest BCUT2D eigenvalue weighted by atomic mass is 10.3. The Kier molecular flexibility index (Phi) is 4.71. The lowest BCUT2D eigenvalue weighted by Gasteiger charge is -2.12. The van der Waals surface area contributed by atoms with Crippen LogP contribution in [-0.4, -0.2) is 14.8 Å². The zero-order chi connectivity index (χ0) is 17.3. The van der Waals surface area contributed by atoms with Gasteiger partial charge >= 0.3 is 6.36 Å². The summed E-state index contributed by atoms with van der Waals surface area (Å²) in [4.78, 5) is -0.529. The summed E-state index contributed by atoms with van der Waals surface area (Å²) in [7, 11) is -4.33. The van der Waals surface area contributed by atoms with Gasteiger partial charge in [-0.25, -0.2) is 12.8 Å². The molecule has 10 heteroatoms. The zero-order valence-corrected chi connectivity index (χ0v) is 12.6. The van der Waals surface area contributed by atoms with Crippen molar-refractivity contribution in [1.29, 1.82) is 0 Å². The normalized spacial score (nSPS) is 12.0. The molecule has 23 heavy (non-hydrogen) atoms. The summed E-state index contributed by atoms with van der Waals surface area (Å²) >= 11 is 5.53. The van der Waals surface area contributed by atoms with Gasteiger partial charge in [-0.2, -0.15) is 0 Å². The first-order chi connectivity index (χ1) is 10.6. The van der Waals surface area contributed by atoms with E-state index in [1.54, 1.807) is 0 Å². The van der Waals surface area contributed by atoms with E-state index in [1.165, 1.54) is 12.1 Å². The number of anilines is 1. The molecule has 4 nitrogen and oxygen atoms in total. The maximum atomic E-state index is 13.7. The fourth-order valence-corrected chi connectivity index (χ4v) is 2.89. The summed E-state index contributed by atoms with van der Waals surface area (Å²) in [6.45, 7) is 0. The fourth-order valence-electron chi connectivity index (χ4n) is 1.62. The van der Waals surface area contributed by atoms with E-state index in [4.69, 9.17) is 11.6 Å². The number of benzene rings is 2. The van der Waals surface area contributed by atoms with Gasteiger partial charge < -0.3 is 4.74 Å². The summed E-state index contributed by atoms with van der Waals surface area (Å²) in [6.07, 6.45) is -4.96. The Bertz CT molecular complexity index is 824. The highest BCUT2D eigenvalue weighted by molar-refractivity contribution is 7.92. The van der Waals surface area contributed by atoms with Crippen LogP contribution in [0.5, 0.6) is 5.75 Å². The van der Waals surface area contributed by atoms with E-state index >= 15 is 0 Å². The molecule has 0 unspecified atom stereocenters. The zero-order valence-electron chi connectivity index (χ0n) is 11.1. The van der Waals surface area contributed by atoms with Gasteiger partial charge in [-0.05, 0) is 24.3 Å². The predicted octanol–water partition coefficient (Wildman–Crippen LogP) is 4.18. The highest BCUT2D eigenvalue weighted by Crippen LogP contribution is 2.27. The van der Waals surface area contributed by atoms with Crippen LogP contribution in [0.2, 0.25) is 5.02 Å². The molecule has 0 saturated carbocycles. The molecule has 0 heterocycles. The van der Waals surface area contributed by atoms with Crippen LogP contribution in [0.1, 0.15) is 0 Å². The van der Waals surface area contributed by atoms with Gasteiger partial charge in [0.1, 0.15) is 5.75 Å². The van der Waals surface area contributed by atoms with Crippen molar-refractivity contribution in [2.75, 3.05) is 4.72 Å². The SMILES string of the molecule is O=S(=O)(Nc1cccc(Cl)c1F)c1cccc(OC(F)(F)F)c1. The highest BCUT2D eigenvalue weighted by Gasteiger charge is 2.31. The van der Waals surface area contributed by atoms with Gasteiger partial charge in [0, 0.05) is 6.07 Å². The minimum Gasteiger partial charge on any atom is -0.406 e. The van der Waals surface area contributed by atoms with Crippen LogP contribution in [0, 0.1) is 5.82 Å². The molecule has 0 aromatic heterocycles. The Morgan fingerprint density at radius 2 is 1.74 bits per heavy atom. The minimum atomic E-state index is -4.96. The lowest BCUT2D eigenvalue weighted by molar-refractivity contribution is -0.274. The van der Waals surface area contributed by atoms with Gasteiger partial charge in [0.15, 0.2) is 5.82 Å². The molecule has 0 amide bonds. The summed E-state index contributed by atoms with van der Waals surface area (Å²) in [5.41, 5.74) is -0.431. The fraction of sp³-hybridized carbons (Fsp3) is 0.0769. The first-order valence-corrected chi connectivity index (χ1v) is 7.77. The number of halogens is 5. The number of hydrogen-bond acceptors (Lipinski definition) is 3. The van der Waals surface area contributed by atoms with Crippen molar-refractivity contribution in [2.45, 2.75) is 11.3 Å². The summed E-state index contributed by atoms with van der Waals surface area (Å²) in [5, 5.41) is -0.306. The van der Waals surface area contributed by atoms with E-state index in [9.17, 15) is 26.0 Å². The summed E-state index contributed by atoms with van der Waals surface area (Å²) in [6, 6.07) is 7.34. The molecule has 0 aliphatic carbocycles. The Morgan fingerprint density at radius 1 is 1.09 bits per heavy atom. The molecule has 2 rings (SSSR count). The summed E-state index contributed by atoms with van der Waals surface area (Å²) in [5.74, 6) is -1.72. The van der Waals surface area contributed by atoms with Crippen LogP contribution in [0.15, 0.2) is 47.4 Å². The van der Waals surface area contributed by atoms with Gasteiger partial charge in [0.25, 0.3) is 10.0 Å². The van der Waals surface area contributed by atoms with Crippen molar-refractivity contribution >= 4 is 27.3 Å². The van der Waals surface area contributed by atoms with Crippen molar-refractivity contribution in [1.82, 2.24) is 0 Å². The lowest BCUT2D eigenvalue weighted by Crippen LogP contribution is -2.18. The van der Waals surface area contributed by atoms with Crippen molar-refractivity contribution in [3.63, 3.8) is 0 Å². The van der Waals surface area contributed by atoms with Crippen LogP contribution in [0.4, 0.5) is 23.2 Å². The van der Waals surface area contributed by atoms with Gasteiger partial charge in [0.2, 0.25) is 0 Å². The second-order valence-electron chi connectivity index (χ2n) is 4.23. The van der Waals surface area contributed by atoms with E-state index in [-0.39, 0.29) is 5.02 Å². The third-order valence-corrected chi connectivity index (χ3v) is 4.20. The average molecular weight is 370 g/mol. The molecule has 0 saturated heterocycles. The quantitative estimate of drug-likeness (QED) is 0.823. The Balaban J connectivity index is 2.33. The molecular formula is C13H8ClF4NO3S. The standard InChI is InChI=1S/C13H8ClF4NO3S/c14-10-5-2-6-11(12(10)15)19-23(20,21)9-4-1-3-8(7-9)22-13(16,17)18/h1-7,19H. The van der Waals surface area contributed by atoms with Gasteiger partial charge in [-0.15, -0.1) is 13.2 Å². The van der Waals surface area contributed by atoms with E-state index in [1.807, 2.05) is 4.72 Å². The molecule has 2 aromatic carbocycles. The number of sulfonamides is 1. The Labute approximate surface area is 133 Å². The van der Waals surface area contributed by atoms with Crippen LogP contribution in [0.25, 0.3) is 0 Å². The van der Waals surface area contributed by atoms with Gasteiger partial charge in [-0.3, -0.25) is 4.72 Å². The van der Waals surface area contributed by atoms with Crippen LogP contribution in [-0.2, 0) is 10.0 Å². The van der Waals surface area contributed by atoms with Crippen LogP contribution in [0.3, 0.4) is 0 Å². The van der Waals surface area contributed by atoms with Gasteiger partial charge in [-0.1, -0.05) is 23.7 Å². The first kappa shape index (κ1) is 17.4. The Hall–Kier alpha value is -2.00. The largest absolute Gasteiger partial charge is 0.573 e. The number of ether oxygens (including phenoxy) is 1. The molecule has 0 bridgehead atoms. The molecule has 0 aliphatic rings. The monoisotopic (exact) mass is 369 g/mol. The third-order valence-electron chi connectivity index (χ3n) is 2.55. The molecule has 0 radical (unpaired) electrons. The topological polar surface area (TPSA) is 55.4 Å². The van der Waals surface area contributed by atoms with Crippen molar-refractivity contribution in [3.8, 4) is 5.75 Å². The van der Waals surface area contributed by atoms with E-state index in [0.717, 1.165) is 24.3 Å². The molecule has 2 aromatic rings. The molecule has 0 spiro atoms. The number of rotatable bonds is 4. The van der Waals surface area contributed by atoms with E-state index in [2.05, 4.69) is 4.74 Å². The number of nitrogens with one attached hydrogen (secondary N) is 1. The molecule has 0 atom stereocenters. The summed E-state index contributed by atoms with van der Waals surface area (Å²) < 4.78 is 80.0. The maximum Gasteiger partial charge on any atom is 0.573 e.